The Labute approximate surface area is 97.1 Å². The molecule has 1 aromatic carbocycles. The van der Waals surface area contributed by atoms with Crippen molar-refractivity contribution < 1.29 is 8.42 Å². The molecule has 0 aliphatic heterocycles. The average molecular weight is 242 g/mol. The fourth-order valence-electron chi connectivity index (χ4n) is 1.34. The van der Waals surface area contributed by atoms with Gasteiger partial charge in [-0.05, 0) is 32.5 Å². The van der Waals surface area contributed by atoms with E-state index in [2.05, 4.69) is 10.0 Å². The highest BCUT2D eigenvalue weighted by molar-refractivity contribution is 7.93. The number of rotatable bonds is 5. The first kappa shape index (κ1) is 13.0. The van der Waals surface area contributed by atoms with E-state index in [1.807, 2.05) is 25.1 Å². The maximum atomic E-state index is 11.9. The largest absolute Gasteiger partial charge is 0.318 e. The maximum Gasteiger partial charge on any atom is 0.236 e. The van der Waals surface area contributed by atoms with Gasteiger partial charge >= 0.3 is 0 Å². The first-order valence-electron chi connectivity index (χ1n) is 5.19. The van der Waals surface area contributed by atoms with Crippen molar-refractivity contribution in [1.82, 2.24) is 5.32 Å². The Hall–Kier alpha value is -1.07. The Balaban J connectivity index is 2.85. The molecule has 90 valence electrons. The highest BCUT2D eigenvalue weighted by atomic mass is 32.2. The van der Waals surface area contributed by atoms with E-state index >= 15 is 0 Å². The number of nitrogens with one attached hydrogen (secondary N) is 2. The molecule has 0 fully saturated rings. The van der Waals surface area contributed by atoms with Gasteiger partial charge in [0.05, 0.1) is 10.9 Å². The summed E-state index contributed by atoms with van der Waals surface area (Å²) in [6, 6.07) is 7.33. The van der Waals surface area contributed by atoms with Gasteiger partial charge in [0.1, 0.15) is 0 Å². The zero-order valence-electron chi connectivity index (χ0n) is 9.82. The summed E-state index contributed by atoms with van der Waals surface area (Å²) in [6.45, 7) is 3.99. The molecule has 1 aromatic rings. The number of anilines is 1. The molecular weight excluding hydrogens is 224 g/mol. The van der Waals surface area contributed by atoms with Crippen molar-refractivity contribution in [2.24, 2.45) is 0 Å². The molecule has 1 rings (SSSR count). The highest BCUT2D eigenvalue weighted by Gasteiger charge is 2.20. The first-order valence-corrected chi connectivity index (χ1v) is 6.74. The van der Waals surface area contributed by atoms with Crippen molar-refractivity contribution in [2.75, 3.05) is 18.3 Å². The fourth-order valence-corrected chi connectivity index (χ4v) is 2.46. The fraction of sp³-hybridized carbons (Fsp3) is 0.455. The Bertz CT molecular complexity index is 443. The van der Waals surface area contributed by atoms with E-state index in [1.54, 1.807) is 20.0 Å². The van der Waals surface area contributed by atoms with Gasteiger partial charge in [-0.1, -0.05) is 18.2 Å². The first-order chi connectivity index (χ1) is 7.47. The highest BCUT2D eigenvalue weighted by Crippen LogP contribution is 2.16. The Kier molecular flexibility index (Phi) is 4.32. The number of hydrogen-bond donors (Lipinski definition) is 2. The second-order valence-electron chi connectivity index (χ2n) is 3.83. The van der Waals surface area contributed by atoms with Gasteiger partial charge in [-0.25, -0.2) is 8.42 Å². The summed E-state index contributed by atoms with van der Waals surface area (Å²) in [6.07, 6.45) is 0. The number of para-hydroxylation sites is 1. The number of hydrogen-bond acceptors (Lipinski definition) is 3. The summed E-state index contributed by atoms with van der Waals surface area (Å²) in [4.78, 5) is 0. The molecule has 0 bridgehead atoms. The third kappa shape index (κ3) is 3.21. The van der Waals surface area contributed by atoms with Crippen LogP contribution >= 0.6 is 0 Å². The van der Waals surface area contributed by atoms with Gasteiger partial charge in [-0.15, -0.1) is 0 Å². The minimum absolute atomic E-state index is 0.432. The molecule has 0 saturated heterocycles. The van der Waals surface area contributed by atoms with E-state index in [0.29, 0.717) is 12.2 Å². The quantitative estimate of drug-likeness (QED) is 0.819. The van der Waals surface area contributed by atoms with E-state index in [0.717, 1.165) is 5.56 Å². The van der Waals surface area contributed by atoms with Crippen molar-refractivity contribution >= 4 is 15.7 Å². The minimum Gasteiger partial charge on any atom is -0.318 e. The van der Waals surface area contributed by atoms with Crippen molar-refractivity contribution in [2.45, 2.75) is 19.1 Å². The molecule has 1 unspecified atom stereocenters. The van der Waals surface area contributed by atoms with E-state index in [1.165, 1.54) is 0 Å². The topological polar surface area (TPSA) is 58.2 Å². The molecule has 0 radical (unpaired) electrons. The van der Waals surface area contributed by atoms with Crippen molar-refractivity contribution in [3.63, 3.8) is 0 Å². The molecule has 0 amide bonds. The number of aryl methyl sites for hydroxylation is 1. The molecule has 4 nitrogen and oxygen atoms in total. The molecule has 0 aliphatic carbocycles. The predicted octanol–water partition coefficient (Wildman–Crippen LogP) is 1.34. The normalized spacial score (nSPS) is 13.4. The van der Waals surface area contributed by atoms with Crippen LogP contribution in [0.3, 0.4) is 0 Å². The summed E-state index contributed by atoms with van der Waals surface area (Å²) >= 11 is 0. The molecule has 2 N–H and O–H groups in total. The SMILES string of the molecule is CNCC(C)S(=O)(=O)Nc1ccccc1C. The molecule has 0 spiro atoms. The molecule has 0 aliphatic rings. The zero-order chi connectivity index (χ0) is 12.2. The zero-order valence-corrected chi connectivity index (χ0v) is 10.6. The molecule has 1 atom stereocenters. The van der Waals surface area contributed by atoms with Gasteiger partial charge in [0.2, 0.25) is 10.0 Å². The van der Waals surface area contributed by atoms with E-state index in [4.69, 9.17) is 0 Å². The maximum absolute atomic E-state index is 11.9. The summed E-state index contributed by atoms with van der Waals surface area (Å²) in [5.74, 6) is 0. The van der Waals surface area contributed by atoms with Crippen LogP contribution in [0.1, 0.15) is 12.5 Å². The van der Waals surface area contributed by atoms with Gasteiger partial charge < -0.3 is 5.32 Å². The molecule has 0 heterocycles. The second kappa shape index (κ2) is 5.32. The van der Waals surface area contributed by atoms with Crippen LogP contribution in [0.2, 0.25) is 0 Å². The van der Waals surface area contributed by atoms with Gasteiger partial charge in [0.25, 0.3) is 0 Å². The van der Waals surface area contributed by atoms with E-state index < -0.39 is 15.3 Å². The molecule has 16 heavy (non-hydrogen) atoms. The van der Waals surface area contributed by atoms with Crippen LogP contribution in [0.25, 0.3) is 0 Å². The van der Waals surface area contributed by atoms with Crippen LogP contribution in [0.15, 0.2) is 24.3 Å². The summed E-state index contributed by atoms with van der Waals surface area (Å²) in [5, 5.41) is 2.39. The average Bonchev–Trinajstić information content (AvgIpc) is 2.21. The lowest BCUT2D eigenvalue weighted by molar-refractivity contribution is 0.583. The Morgan fingerprint density at radius 1 is 1.31 bits per heavy atom. The second-order valence-corrected chi connectivity index (χ2v) is 5.93. The Morgan fingerprint density at radius 2 is 1.94 bits per heavy atom. The lowest BCUT2D eigenvalue weighted by atomic mass is 10.2. The number of sulfonamides is 1. The molecular formula is C11H18N2O2S. The molecule has 5 heteroatoms. The van der Waals surface area contributed by atoms with Crippen molar-refractivity contribution in [3.8, 4) is 0 Å². The van der Waals surface area contributed by atoms with Crippen LogP contribution in [-0.4, -0.2) is 27.3 Å². The summed E-state index contributed by atoms with van der Waals surface area (Å²) in [7, 11) is -1.57. The molecule has 0 saturated carbocycles. The summed E-state index contributed by atoms with van der Waals surface area (Å²) < 4.78 is 26.4. The van der Waals surface area contributed by atoms with Crippen LogP contribution in [0, 0.1) is 6.92 Å². The predicted molar refractivity (Wildman–Crippen MR) is 67.1 cm³/mol. The lowest BCUT2D eigenvalue weighted by Gasteiger charge is -2.15. The number of benzene rings is 1. The lowest BCUT2D eigenvalue weighted by Crippen LogP contribution is -2.33. The molecule has 0 aromatic heterocycles. The van der Waals surface area contributed by atoms with E-state index in [9.17, 15) is 8.42 Å². The van der Waals surface area contributed by atoms with Crippen LogP contribution in [0.4, 0.5) is 5.69 Å². The van der Waals surface area contributed by atoms with Gasteiger partial charge in [0.15, 0.2) is 0 Å². The minimum atomic E-state index is -3.31. The van der Waals surface area contributed by atoms with Crippen LogP contribution < -0.4 is 10.0 Å². The van der Waals surface area contributed by atoms with Crippen LogP contribution in [-0.2, 0) is 10.0 Å². The van der Waals surface area contributed by atoms with Crippen LogP contribution in [0.5, 0.6) is 0 Å². The Morgan fingerprint density at radius 3 is 2.50 bits per heavy atom. The van der Waals surface area contributed by atoms with E-state index in [-0.39, 0.29) is 0 Å². The van der Waals surface area contributed by atoms with Gasteiger partial charge in [-0.2, -0.15) is 0 Å². The monoisotopic (exact) mass is 242 g/mol. The third-order valence-corrected chi connectivity index (χ3v) is 4.15. The van der Waals surface area contributed by atoms with Gasteiger partial charge in [-0.3, -0.25) is 4.72 Å². The smallest absolute Gasteiger partial charge is 0.236 e. The summed E-state index contributed by atoms with van der Waals surface area (Å²) in [5.41, 5.74) is 1.56. The third-order valence-electron chi connectivity index (χ3n) is 2.42. The van der Waals surface area contributed by atoms with Crippen molar-refractivity contribution in [3.05, 3.63) is 29.8 Å². The standard InChI is InChI=1S/C11H18N2O2S/c1-9-6-4-5-7-11(9)13-16(14,15)10(2)8-12-3/h4-7,10,12-13H,8H2,1-3H3. The van der Waals surface area contributed by atoms with Gasteiger partial charge in [0, 0.05) is 6.54 Å². The van der Waals surface area contributed by atoms with Crippen molar-refractivity contribution in [1.29, 1.82) is 0 Å².